The Morgan fingerprint density at radius 3 is 2.95 bits per heavy atom. The summed E-state index contributed by atoms with van der Waals surface area (Å²) in [7, 11) is 0. The number of hydrogen-bond acceptors (Lipinski definition) is 5. The number of rotatable bonds is 7. The van der Waals surface area contributed by atoms with Crippen molar-refractivity contribution in [3.05, 3.63) is 64.7 Å². The van der Waals surface area contributed by atoms with Crippen molar-refractivity contribution in [2.75, 3.05) is 25.0 Å². The molecule has 2 aromatic heterocycles. The zero-order valence-corrected chi connectivity index (χ0v) is 21.6. The van der Waals surface area contributed by atoms with Crippen LogP contribution in [0.2, 0.25) is 5.02 Å². The number of fused-ring (bicyclic) bond motifs is 1. The van der Waals surface area contributed by atoms with E-state index in [1.807, 2.05) is 42.0 Å². The molecular formula is C28H28ClN5O3. The van der Waals surface area contributed by atoms with Crippen LogP contribution in [0.3, 0.4) is 0 Å². The summed E-state index contributed by atoms with van der Waals surface area (Å²) in [6.45, 7) is 5.27. The molecule has 0 bridgehead atoms. The third-order valence-electron chi connectivity index (χ3n) is 6.81. The Hall–Kier alpha value is -3.96. The smallest absolute Gasteiger partial charge is 0.298 e. The summed E-state index contributed by atoms with van der Waals surface area (Å²) in [6, 6.07) is 7.56. The van der Waals surface area contributed by atoms with Crippen molar-refractivity contribution >= 4 is 34.8 Å². The zero-order chi connectivity index (χ0) is 25.9. The molecular weight excluding hydrogens is 490 g/mol. The fourth-order valence-corrected chi connectivity index (χ4v) is 5.16. The molecule has 0 saturated carbocycles. The average molecular weight is 518 g/mol. The Kier molecular flexibility index (Phi) is 7.06. The van der Waals surface area contributed by atoms with Crippen LogP contribution in [-0.2, 0) is 17.6 Å². The van der Waals surface area contributed by atoms with Crippen LogP contribution in [0.4, 0.5) is 11.4 Å². The Morgan fingerprint density at radius 1 is 1.32 bits per heavy atom. The number of halogens is 1. The van der Waals surface area contributed by atoms with E-state index in [1.165, 1.54) is 0 Å². The first-order valence-electron chi connectivity index (χ1n) is 12.4. The van der Waals surface area contributed by atoms with E-state index in [-0.39, 0.29) is 17.9 Å². The van der Waals surface area contributed by atoms with Crippen LogP contribution < -0.4 is 15.4 Å². The van der Waals surface area contributed by atoms with Crippen molar-refractivity contribution < 1.29 is 14.3 Å². The first-order valence-corrected chi connectivity index (χ1v) is 12.8. The van der Waals surface area contributed by atoms with Gasteiger partial charge in [-0.3, -0.25) is 14.6 Å². The predicted octanol–water partition coefficient (Wildman–Crippen LogP) is 4.12. The SMILES string of the molecule is CC#CC(=O)N1CC[C@@H]1COc1cnccc1-n1cc(Nc2cccc(Cl)c2CC)c2c1CCNC2=O. The molecule has 1 aromatic carbocycles. The first-order chi connectivity index (χ1) is 18.0. The largest absolute Gasteiger partial charge is 0.488 e. The maximum Gasteiger partial charge on any atom is 0.298 e. The van der Waals surface area contributed by atoms with Gasteiger partial charge in [0.25, 0.3) is 11.8 Å². The molecule has 2 amide bonds. The van der Waals surface area contributed by atoms with Gasteiger partial charge in [-0.2, -0.15) is 0 Å². The molecule has 2 N–H and O–H groups in total. The minimum atomic E-state index is -0.178. The lowest BCUT2D eigenvalue weighted by atomic mass is 10.0. The van der Waals surface area contributed by atoms with E-state index >= 15 is 0 Å². The summed E-state index contributed by atoms with van der Waals surface area (Å²) in [5, 5.41) is 7.09. The molecule has 2 aliphatic heterocycles. The lowest BCUT2D eigenvalue weighted by Gasteiger charge is -2.39. The first kappa shape index (κ1) is 24.7. The second-order valence-corrected chi connectivity index (χ2v) is 9.36. The molecule has 0 unspecified atom stereocenters. The third kappa shape index (κ3) is 4.75. The second-order valence-electron chi connectivity index (χ2n) is 8.96. The molecule has 1 atom stereocenters. The molecule has 0 spiro atoms. The highest BCUT2D eigenvalue weighted by Crippen LogP contribution is 2.35. The number of carbonyl (C=O) groups is 2. The van der Waals surface area contributed by atoms with Crippen LogP contribution in [0.25, 0.3) is 5.69 Å². The highest BCUT2D eigenvalue weighted by molar-refractivity contribution is 6.31. The number of ether oxygens (including phenoxy) is 1. The predicted molar refractivity (Wildman–Crippen MR) is 143 cm³/mol. The number of nitrogens with zero attached hydrogens (tertiary/aromatic N) is 3. The van der Waals surface area contributed by atoms with Crippen molar-refractivity contribution in [2.45, 2.75) is 39.2 Å². The summed E-state index contributed by atoms with van der Waals surface area (Å²) in [6.07, 6.45) is 7.58. The second kappa shape index (κ2) is 10.6. The Labute approximate surface area is 221 Å². The number of aromatic nitrogens is 2. The minimum Gasteiger partial charge on any atom is -0.488 e. The van der Waals surface area contributed by atoms with Crippen LogP contribution >= 0.6 is 11.6 Å². The van der Waals surface area contributed by atoms with E-state index in [2.05, 4.69) is 27.5 Å². The van der Waals surface area contributed by atoms with E-state index in [9.17, 15) is 9.59 Å². The Bertz CT molecular complexity index is 1420. The summed E-state index contributed by atoms with van der Waals surface area (Å²) < 4.78 is 8.18. The van der Waals surface area contributed by atoms with Gasteiger partial charge >= 0.3 is 0 Å². The third-order valence-corrected chi connectivity index (χ3v) is 7.17. The van der Waals surface area contributed by atoms with Crippen LogP contribution in [0.1, 0.15) is 41.9 Å². The number of hydrogen-bond donors (Lipinski definition) is 2. The number of amides is 2. The molecule has 1 fully saturated rings. The molecule has 37 heavy (non-hydrogen) atoms. The summed E-state index contributed by atoms with van der Waals surface area (Å²) in [4.78, 5) is 31.1. The topological polar surface area (TPSA) is 88.5 Å². The number of pyridine rings is 1. The number of anilines is 2. The molecule has 5 rings (SSSR count). The van der Waals surface area contributed by atoms with Gasteiger partial charge in [0.05, 0.1) is 29.2 Å². The quantitative estimate of drug-likeness (QED) is 0.460. The highest BCUT2D eigenvalue weighted by atomic mass is 35.5. The van der Waals surface area contributed by atoms with Crippen molar-refractivity contribution in [3.63, 3.8) is 0 Å². The van der Waals surface area contributed by atoms with Gasteiger partial charge in [0.1, 0.15) is 6.61 Å². The Balaban J connectivity index is 1.47. The average Bonchev–Trinajstić information content (AvgIpc) is 3.23. The molecule has 1 saturated heterocycles. The van der Waals surface area contributed by atoms with Crippen molar-refractivity contribution in [1.82, 2.24) is 19.8 Å². The van der Waals surface area contributed by atoms with E-state index in [4.69, 9.17) is 16.3 Å². The van der Waals surface area contributed by atoms with Crippen LogP contribution in [0.5, 0.6) is 5.75 Å². The van der Waals surface area contributed by atoms with E-state index in [1.54, 1.807) is 24.2 Å². The number of benzene rings is 1. The molecule has 0 aliphatic carbocycles. The fourth-order valence-electron chi connectivity index (χ4n) is 4.85. The number of nitrogens with one attached hydrogen (secondary N) is 2. The number of likely N-dealkylation sites (tertiary alicyclic amines) is 1. The van der Waals surface area contributed by atoms with Gasteiger partial charge in [0, 0.05) is 48.3 Å². The van der Waals surface area contributed by atoms with Gasteiger partial charge in [0.2, 0.25) is 0 Å². The molecule has 0 radical (unpaired) electrons. The van der Waals surface area contributed by atoms with Gasteiger partial charge in [-0.15, -0.1) is 0 Å². The van der Waals surface area contributed by atoms with Crippen molar-refractivity contribution in [1.29, 1.82) is 0 Å². The molecule has 190 valence electrons. The van der Waals surface area contributed by atoms with Crippen molar-refractivity contribution in [3.8, 4) is 23.3 Å². The van der Waals surface area contributed by atoms with Crippen LogP contribution in [-0.4, -0.2) is 52.0 Å². The lowest BCUT2D eigenvalue weighted by molar-refractivity contribution is -0.133. The molecule has 3 aromatic rings. The summed E-state index contributed by atoms with van der Waals surface area (Å²) in [5.74, 6) is 5.54. The zero-order valence-electron chi connectivity index (χ0n) is 20.8. The van der Waals surface area contributed by atoms with Gasteiger partial charge < -0.3 is 24.8 Å². The number of carbonyl (C=O) groups excluding carboxylic acids is 2. The van der Waals surface area contributed by atoms with Gasteiger partial charge in [-0.05, 0) is 49.4 Å². The maximum atomic E-state index is 13.0. The van der Waals surface area contributed by atoms with E-state index in [0.29, 0.717) is 48.1 Å². The fraction of sp³-hybridized carbons (Fsp3) is 0.321. The monoisotopic (exact) mass is 517 g/mol. The van der Waals surface area contributed by atoms with E-state index < -0.39 is 0 Å². The van der Waals surface area contributed by atoms with Gasteiger partial charge in [-0.1, -0.05) is 30.5 Å². The normalized spacial score (nSPS) is 16.1. The molecule has 8 nitrogen and oxygen atoms in total. The lowest BCUT2D eigenvalue weighted by Crippen LogP contribution is -2.53. The van der Waals surface area contributed by atoms with Crippen LogP contribution in [0.15, 0.2) is 42.9 Å². The van der Waals surface area contributed by atoms with Gasteiger partial charge in [0.15, 0.2) is 5.75 Å². The van der Waals surface area contributed by atoms with Gasteiger partial charge in [-0.25, -0.2) is 0 Å². The highest BCUT2D eigenvalue weighted by Gasteiger charge is 2.32. The van der Waals surface area contributed by atoms with Crippen LogP contribution in [0, 0.1) is 11.8 Å². The maximum absolute atomic E-state index is 13.0. The Morgan fingerprint density at radius 2 is 2.19 bits per heavy atom. The summed E-state index contributed by atoms with van der Waals surface area (Å²) in [5.41, 5.74) is 4.82. The molecule has 2 aliphatic rings. The molecule has 9 heteroatoms. The van der Waals surface area contributed by atoms with E-state index in [0.717, 1.165) is 35.5 Å². The standard InChI is InChI=1S/C28H28ClN5O3/c1-3-6-26(35)33-14-11-18(33)17-37-25-15-30-12-9-23(25)34-16-22(27-24(34)10-13-31-28(27)36)32-21-8-5-7-20(29)19(21)4-2/h5,7-9,12,15-16,18,32H,4,10-11,13-14,17H2,1-2H3,(H,31,36)/t18-/m1/s1. The summed E-state index contributed by atoms with van der Waals surface area (Å²) >= 11 is 6.43. The molecule has 4 heterocycles. The van der Waals surface area contributed by atoms with Crippen molar-refractivity contribution in [2.24, 2.45) is 0 Å². The minimum absolute atomic E-state index is 0.0294.